The molecule has 2 aliphatic heterocycles. The number of pyridine rings is 1. The van der Waals surface area contributed by atoms with Gasteiger partial charge in [-0.3, -0.25) is 0 Å². The van der Waals surface area contributed by atoms with Gasteiger partial charge in [0.05, 0.1) is 19.8 Å². The largest absolute Gasteiger partial charge is 0.481 e. The maximum atomic E-state index is 11.1. The molecule has 0 amide bonds. The summed E-state index contributed by atoms with van der Waals surface area (Å²) in [5.41, 5.74) is -0.0785. The molecule has 3 rings (SSSR count). The van der Waals surface area contributed by atoms with Crippen LogP contribution in [0.25, 0.3) is 0 Å². The summed E-state index contributed by atoms with van der Waals surface area (Å²) < 4.78 is 10.5. The molecule has 2 fully saturated rings. The Kier molecular flexibility index (Phi) is 3.56. The number of nitrogens with one attached hydrogen (secondary N) is 1. The van der Waals surface area contributed by atoms with Gasteiger partial charge in [-0.05, 0) is 31.7 Å². The topological polar surface area (TPSA) is 63.6 Å². The molecule has 1 aromatic rings. The lowest BCUT2D eigenvalue weighted by molar-refractivity contribution is -0.0377. The van der Waals surface area contributed by atoms with Crippen molar-refractivity contribution >= 4 is 0 Å². The van der Waals surface area contributed by atoms with Gasteiger partial charge in [-0.2, -0.15) is 4.98 Å². The van der Waals surface area contributed by atoms with Crippen LogP contribution in [-0.4, -0.2) is 36.4 Å². The molecule has 110 valence electrons. The highest BCUT2D eigenvalue weighted by Crippen LogP contribution is 2.42. The lowest BCUT2D eigenvalue weighted by atomic mass is 9.74. The van der Waals surface area contributed by atoms with Crippen LogP contribution in [0.5, 0.6) is 11.8 Å². The number of methoxy groups -OCH3 is 2. The zero-order chi connectivity index (χ0) is 14.2. The normalized spacial score (nSPS) is 32.8. The van der Waals surface area contributed by atoms with Crippen LogP contribution in [0, 0.1) is 0 Å². The first kappa shape index (κ1) is 13.6. The van der Waals surface area contributed by atoms with Gasteiger partial charge >= 0.3 is 0 Å². The molecule has 1 aromatic heterocycles. The Labute approximate surface area is 119 Å². The fraction of sp³-hybridized carbons (Fsp3) is 0.667. The van der Waals surface area contributed by atoms with Gasteiger partial charge in [-0.1, -0.05) is 6.42 Å². The third-order valence-corrected chi connectivity index (χ3v) is 4.48. The number of nitrogens with zero attached hydrogens (tertiary/aromatic N) is 1. The van der Waals surface area contributed by atoms with Crippen LogP contribution in [0.3, 0.4) is 0 Å². The highest BCUT2D eigenvalue weighted by atomic mass is 16.5. The Morgan fingerprint density at radius 1 is 1.20 bits per heavy atom. The zero-order valence-corrected chi connectivity index (χ0v) is 12.1. The lowest BCUT2D eigenvalue weighted by Crippen LogP contribution is -2.54. The van der Waals surface area contributed by atoms with Crippen LogP contribution >= 0.6 is 0 Å². The standard InChI is InChI=1S/C15H22N2O3/c1-19-13-7-6-12(14(17-13)20-2)15(18)8-10-4-3-5-11(9-15)16-10/h6-7,10-11,16,18H,3-5,8-9H2,1-2H3. The third-order valence-electron chi connectivity index (χ3n) is 4.48. The number of piperidine rings is 2. The maximum Gasteiger partial charge on any atom is 0.222 e. The second-order valence-corrected chi connectivity index (χ2v) is 5.84. The maximum absolute atomic E-state index is 11.1. The summed E-state index contributed by atoms with van der Waals surface area (Å²) in [4.78, 5) is 4.30. The van der Waals surface area contributed by atoms with Gasteiger partial charge < -0.3 is 19.9 Å². The number of ether oxygens (including phenoxy) is 2. The Bertz CT molecular complexity index is 480. The van der Waals surface area contributed by atoms with E-state index in [9.17, 15) is 5.11 Å². The number of aromatic nitrogens is 1. The Morgan fingerprint density at radius 2 is 1.90 bits per heavy atom. The summed E-state index contributed by atoms with van der Waals surface area (Å²) in [6.07, 6.45) is 4.94. The Balaban J connectivity index is 1.94. The molecule has 0 radical (unpaired) electrons. The number of rotatable bonds is 3. The fourth-order valence-electron chi connectivity index (χ4n) is 3.60. The molecule has 2 N–H and O–H groups in total. The molecule has 2 atom stereocenters. The molecule has 2 unspecified atom stereocenters. The number of aliphatic hydroxyl groups is 1. The van der Waals surface area contributed by atoms with Crippen LogP contribution in [0.1, 0.15) is 37.7 Å². The monoisotopic (exact) mass is 278 g/mol. The van der Waals surface area contributed by atoms with E-state index >= 15 is 0 Å². The first-order valence-electron chi connectivity index (χ1n) is 7.22. The summed E-state index contributed by atoms with van der Waals surface area (Å²) in [5.74, 6) is 0.968. The summed E-state index contributed by atoms with van der Waals surface area (Å²) in [7, 11) is 3.15. The van der Waals surface area contributed by atoms with E-state index in [2.05, 4.69) is 10.3 Å². The van der Waals surface area contributed by atoms with Gasteiger partial charge in [-0.15, -0.1) is 0 Å². The molecule has 5 heteroatoms. The van der Waals surface area contributed by atoms with Crippen molar-refractivity contribution in [1.29, 1.82) is 0 Å². The lowest BCUT2D eigenvalue weighted by Gasteiger charge is -2.45. The first-order valence-corrected chi connectivity index (χ1v) is 7.22. The molecule has 0 spiro atoms. The zero-order valence-electron chi connectivity index (χ0n) is 12.1. The minimum absolute atomic E-state index is 0.388. The predicted molar refractivity (Wildman–Crippen MR) is 75.0 cm³/mol. The van der Waals surface area contributed by atoms with Crippen molar-refractivity contribution in [2.45, 2.75) is 49.8 Å². The summed E-state index contributed by atoms with van der Waals surface area (Å²) in [5, 5.41) is 14.7. The second kappa shape index (κ2) is 5.22. The van der Waals surface area contributed by atoms with Crippen LogP contribution in [0.15, 0.2) is 12.1 Å². The van der Waals surface area contributed by atoms with Crippen molar-refractivity contribution in [2.24, 2.45) is 0 Å². The second-order valence-electron chi connectivity index (χ2n) is 5.84. The molecule has 0 saturated carbocycles. The van der Waals surface area contributed by atoms with Gasteiger partial charge in [0.1, 0.15) is 0 Å². The van der Waals surface area contributed by atoms with Crippen molar-refractivity contribution in [1.82, 2.24) is 10.3 Å². The quantitative estimate of drug-likeness (QED) is 0.879. The van der Waals surface area contributed by atoms with E-state index in [4.69, 9.17) is 9.47 Å². The van der Waals surface area contributed by atoms with Crippen LogP contribution in [0.2, 0.25) is 0 Å². The molecule has 5 nitrogen and oxygen atoms in total. The summed E-state index contributed by atoms with van der Waals surface area (Å²) in [6, 6.07) is 4.44. The van der Waals surface area contributed by atoms with Gasteiger partial charge in [0.2, 0.25) is 11.8 Å². The fourth-order valence-corrected chi connectivity index (χ4v) is 3.60. The molecule has 3 heterocycles. The highest BCUT2D eigenvalue weighted by molar-refractivity contribution is 5.36. The minimum atomic E-state index is -0.856. The van der Waals surface area contributed by atoms with Gasteiger partial charge in [0.25, 0.3) is 0 Å². The first-order chi connectivity index (χ1) is 9.64. The Hall–Kier alpha value is -1.33. The van der Waals surface area contributed by atoms with Crippen molar-refractivity contribution in [3.05, 3.63) is 17.7 Å². The van der Waals surface area contributed by atoms with Crippen molar-refractivity contribution in [3.8, 4) is 11.8 Å². The van der Waals surface area contributed by atoms with Crippen molar-refractivity contribution in [3.63, 3.8) is 0 Å². The van der Waals surface area contributed by atoms with Gasteiger partial charge in [0.15, 0.2) is 0 Å². The summed E-state index contributed by atoms with van der Waals surface area (Å²) in [6.45, 7) is 0. The molecule has 20 heavy (non-hydrogen) atoms. The van der Waals surface area contributed by atoms with Crippen LogP contribution in [-0.2, 0) is 5.60 Å². The summed E-state index contributed by atoms with van der Waals surface area (Å²) >= 11 is 0. The molecule has 2 saturated heterocycles. The smallest absolute Gasteiger partial charge is 0.222 e. The molecule has 2 aliphatic rings. The minimum Gasteiger partial charge on any atom is -0.481 e. The van der Waals surface area contributed by atoms with Crippen LogP contribution < -0.4 is 14.8 Å². The SMILES string of the molecule is COc1ccc(C2(O)CC3CCCC(C2)N3)c(OC)n1. The van der Waals surface area contributed by atoms with Crippen molar-refractivity contribution in [2.75, 3.05) is 14.2 Å². The number of fused-ring (bicyclic) bond motifs is 2. The molecule has 2 bridgehead atoms. The van der Waals surface area contributed by atoms with E-state index in [1.54, 1.807) is 20.3 Å². The highest BCUT2D eigenvalue weighted by Gasteiger charge is 2.43. The number of hydrogen-bond donors (Lipinski definition) is 2. The van der Waals surface area contributed by atoms with Crippen molar-refractivity contribution < 1.29 is 14.6 Å². The van der Waals surface area contributed by atoms with Gasteiger partial charge in [-0.25, -0.2) is 0 Å². The van der Waals surface area contributed by atoms with E-state index in [1.807, 2.05) is 6.07 Å². The van der Waals surface area contributed by atoms with E-state index in [1.165, 1.54) is 6.42 Å². The molecular weight excluding hydrogens is 256 g/mol. The Morgan fingerprint density at radius 3 is 2.50 bits per heavy atom. The average molecular weight is 278 g/mol. The van der Waals surface area contributed by atoms with E-state index in [-0.39, 0.29) is 0 Å². The molecular formula is C15H22N2O3. The number of hydrogen-bond acceptors (Lipinski definition) is 5. The van der Waals surface area contributed by atoms with Crippen LogP contribution in [0.4, 0.5) is 0 Å². The van der Waals surface area contributed by atoms with E-state index in [0.717, 1.165) is 18.4 Å². The van der Waals surface area contributed by atoms with Gasteiger partial charge in [0, 0.05) is 23.7 Å². The average Bonchev–Trinajstić information content (AvgIpc) is 2.46. The molecule has 0 aromatic carbocycles. The predicted octanol–water partition coefficient (Wildman–Crippen LogP) is 1.59. The molecule has 0 aliphatic carbocycles. The van der Waals surface area contributed by atoms with E-state index in [0.29, 0.717) is 36.7 Å². The van der Waals surface area contributed by atoms with E-state index < -0.39 is 5.60 Å². The third kappa shape index (κ3) is 2.36.